The summed E-state index contributed by atoms with van der Waals surface area (Å²) in [6, 6.07) is 6.05. The van der Waals surface area contributed by atoms with Crippen molar-refractivity contribution in [3.8, 4) is 0 Å². The van der Waals surface area contributed by atoms with Crippen molar-refractivity contribution in [3.63, 3.8) is 0 Å². The van der Waals surface area contributed by atoms with Crippen molar-refractivity contribution >= 4 is 17.3 Å². The molecule has 0 bridgehead atoms. The number of nitrogens with two attached hydrogens (primary N) is 1. The Balaban J connectivity index is 2.43. The van der Waals surface area contributed by atoms with Gasteiger partial charge in [0.1, 0.15) is 0 Å². The fraction of sp³-hybridized carbons (Fsp3) is 0.500. The molecule has 4 heteroatoms. The monoisotopic (exact) mass is 248 g/mol. The number of rotatable bonds is 2. The lowest BCUT2D eigenvalue weighted by atomic mass is 9.95. The third-order valence-electron chi connectivity index (χ3n) is 3.79. The number of benzene rings is 1. The number of anilines is 2. The highest BCUT2D eigenvalue weighted by Crippen LogP contribution is 2.34. The number of hydrogen-bond acceptors (Lipinski definition) is 3. The first kappa shape index (κ1) is 12.7. The molecule has 0 radical (unpaired) electrons. The van der Waals surface area contributed by atoms with E-state index in [9.17, 15) is 4.79 Å². The Bertz CT molecular complexity index is 449. The number of aromatic carboxylic acids is 1. The predicted octanol–water partition coefficient (Wildman–Crippen LogP) is 2.73. The second-order valence-corrected chi connectivity index (χ2v) is 5.08. The Morgan fingerprint density at radius 1 is 1.33 bits per heavy atom. The van der Waals surface area contributed by atoms with Crippen LogP contribution < -0.4 is 10.6 Å². The van der Waals surface area contributed by atoms with Gasteiger partial charge in [0.15, 0.2) is 0 Å². The summed E-state index contributed by atoms with van der Waals surface area (Å²) in [6.45, 7) is 4.34. The average molecular weight is 248 g/mol. The molecule has 0 saturated carbocycles. The topological polar surface area (TPSA) is 66.6 Å². The molecule has 0 amide bonds. The number of carboxylic acids is 1. The van der Waals surface area contributed by atoms with Crippen LogP contribution in [0.15, 0.2) is 18.2 Å². The third kappa shape index (κ3) is 2.15. The molecule has 1 aliphatic heterocycles. The van der Waals surface area contributed by atoms with Gasteiger partial charge < -0.3 is 15.7 Å². The van der Waals surface area contributed by atoms with Crippen LogP contribution in [-0.2, 0) is 0 Å². The van der Waals surface area contributed by atoms with Crippen LogP contribution in [0.2, 0.25) is 0 Å². The lowest BCUT2D eigenvalue weighted by Crippen LogP contribution is -2.44. The molecule has 1 aromatic carbocycles. The number of nitrogens with zero attached hydrogens (tertiary/aromatic N) is 1. The van der Waals surface area contributed by atoms with Gasteiger partial charge in [-0.15, -0.1) is 0 Å². The van der Waals surface area contributed by atoms with E-state index in [1.54, 1.807) is 12.1 Å². The summed E-state index contributed by atoms with van der Waals surface area (Å²) >= 11 is 0. The maximum atomic E-state index is 11.1. The summed E-state index contributed by atoms with van der Waals surface area (Å²) < 4.78 is 0. The molecule has 0 aromatic heterocycles. The van der Waals surface area contributed by atoms with E-state index in [-0.39, 0.29) is 5.56 Å². The van der Waals surface area contributed by atoms with Crippen LogP contribution >= 0.6 is 0 Å². The van der Waals surface area contributed by atoms with E-state index in [1.165, 1.54) is 6.42 Å². The molecule has 1 heterocycles. The molecule has 4 nitrogen and oxygen atoms in total. The molecule has 1 aliphatic rings. The van der Waals surface area contributed by atoms with Gasteiger partial charge in [0.25, 0.3) is 0 Å². The first-order valence-corrected chi connectivity index (χ1v) is 6.42. The lowest BCUT2D eigenvalue weighted by molar-refractivity contribution is 0.0698. The maximum Gasteiger partial charge on any atom is 0.337 e. The quantitative estimate of drug-likeness (QED) is 0.790. The summed E-state index contributed by atoms with van der Waals surface area (Å²) in [5.74, 6) is -0.966. The molecule has 2 rings (SSSR count). The van der Waals surface area contributed by atoms with E-state index in [2.05, 4.69) is 18.7 Å². The largest absolute Gasteiger partial charge is 0.478 e. The fourth-order valence-corrected chi connectivity index (χ4v) is 2.86. The zero-order chi connectivity index (χ0) is 13.3. The standard InChI is InChI=1S/C14H20N2O2/c1-9-5-3-6-10(2)16(9)12-8-4-7-11(13(12)15)14(17)18/h4,7-10H,3,5-6,15H2,1-2H3,(H,17,18)/t9-,10+. The predicted molar refractivity (Wildman–Crippen MR) is 73.1 cm³/mol. The molecular weight excluding hydrogens is 228 g/mol. The van der Waals surface area contributed by atoms with Crippen molar-refractivity contribution < 1.29 is 9.90 Å². The van der Waals surface area contributed by atoms with Crippen LogP contribution in [0.25, 0.3) is 0 Å². The van der Waals surface area contributed by atoms with Crippen LogP contribution in [0.3, 0.4) is 0 Å². The Labute approximate surface area is 107 Å². The molecule has 1 saturated heterocycles. The van der Waals surface area contributed by atoms with Gasteiger partial charge in [-0.05, 0) is 45.2 Å². The maximum absolute atomic E-state index is 11.1. The molecule has 0 aliphatic carbocycles. The Morgan fingerprint density at radius 2 is 1.94 bits per heavy atom. The first-order valence-electron chi connectivity index (χ1n) is 6.42. The van der Waals surface area contributed by atoms with E-state index >= 15 is 0 Å². The van der Waals surface area contributed by atoms with Gasteiger partial charge in [-0.1, -0.05) is 6.07 Å². The summed E-state index contributed by atoms with van der Waals surface area (Å²) in [4.78, 5) is 13.4. The van der Waals surface area contributed by atoms with Gasteiger partial charge in [0.2, 0.25) is 0 Å². The summed E-state index contributed by atoms with van der Waals surface area (Å²) in [7, 11) is 0. The number of piperidine rings is 1. The highest BCUT2D eigenvalue weighted by atomic mass is 16.4. The SMILES string of the molecule is C[C@@H]1CCC[C@H](C)N1c1cccc(C(=O)O)c1N. The number of hydrogen-bond donors (Lipinski definition) is 2. The average Bonchev–Trinajstić information content (AvgIpc) is 2.30. The number of para-hydroxylation sites is 1. The Hall–Kier alpha value is -1.71. The molecule has 0 spiro atoms. The highest BCUT2D eigenvalue weighted by molar-refractivity contribution is 5.97. The van der Waals surface area contributed by atoms with Gasteiger partial charge in [0.05, 0.1) is 16.9 Å². The summed E-state index contributed by atoms with van der Waals surface area (Å²) in [6.07, 6.45) is 3.47. The summed E-state index contributed by atoms with van der Waals surface area (Å²) in [5.41, 5.74) is 7.45. The van der Waals surface area contributed by atoms with Gasteiger partial charge in [0, 0.05) is 12.1 Å². The zero-order valence-electron chi connectivity index (χ0n) is 10.9. The molecule has 3 N–H and O–H groups in total. The van der Waals surface area contributed by atoms with E-state index in [0.717, 1.165) is 18.5 Å². The van der Waals surface area contributed by atoms with Crippen LogP contribution in [-0.4, -0.2) is 23.2 Å². The lowest BCUT2D eigenvalue weighted by Gasteiger charge is -2.41. The minimum Gasteiger partial charge on any atom is -0.478 e. The Kier molecular flexibility index (Phi) is 3.45. The number of carbonyl (C=O) groups is 1. The van der Waals surface area contributed by atoms with Crippen molar-refractivity contribution in [2.75, 3.05) is 10.6 Å². The van der Waals surface area contributed by atoms with Gasteiger partial charge in [-0.25, -0.2) is 4.79 Å². The third-order valence-corrected chi connectivity index (χ3v) is 3.79. The van der Waals surface area contributed by atoms with Crippen molar-refractivity contribution in [1.82, 2.24) is 0 Å². The van der Waals surface area contributed by atoms with Crippen molar-refractivity contribution in [1.29, 1.82) is 0 Å². The minimum absolute atomic E-state index is 0.192. The second-order valence-electron chi connectivity index (χ2n) is 5.08. The second kappa shape index (κ2) is 4.88. The van der Waals surface area contributed by atoms with Gasteiger partial charge in [-0.3, -0.25) is 0 Å². The van der Waals surface area contributed by atoms with E-state index in [1.807, 2.05) is 6.07 Å². The van der Waals surface area contributed by atoms with Gasteiger partial charge in [-0.2, -0.15) is 0 Å². The molecule has 2 atom stereocenters. The molecule has 98 valence electrons. The van der Waals surface area contributed by atoms with Crippen LogP contribution in [0.4, 0.5) is 11.4 Å². The van der Waals surface area contributed by atoms with E-state index in [0.29, 0.717) is 17.8 Å². The normalized spacial score (nSPS) is 24.0. The first-order chi connectivity index (χ1) is 8.52. The molecular formula is C14H20N2O2. The molecule has 1 aromatic rings. The molecule has 1 fully saturated rings. The molecule has 0 unspecified atom stereocenters. The summed E-state index contributed by atoms with van der Waals surface area (Å²) in [5, 5.41) is 9.12. The van der Waals surface area contributed by atoms with Crippen molar-refractivity contribution in [2.45, 2.75) is 45.2 Å². The van der Waals surface area contributed by atoms with Crippen LogP contribution in [0, 0.1) is 0 Å². The zero-order valence-corrected chi connectivity index (χ0v) is 10.9. The molecule has 18 heavy (non-hydrogen) atoms. The van der Waals surface area contributed by atoms with Crippen LogP contribution in [0.5, 0.6) is 0 Å². The van der Waals surface area contributed by atoms with Crippen LogP contribution in [0.1, 0.15) is 43.5 Å². The number of carboxylic acid groups (broad SMARTS) is 1. The van der Waals surface area contributed by atoms with E-state index < -0.39 is 5.97 Å². The van der Waals surface area contributed by atoms with Crippen molar-refractivity contribution in [2.24, 2.45) is 0 Å². The fourth-order valence-electron chi connectivity index (χ4n) is 2.86. The Morgan fingerprint density at radius 3 is 2.50 bits per heavy atom. The van der Waals surface area contributed by atoms with Gasteiger partial charge >= 0.3 is 5.97 Å². The number of nitrogen functional groups attached to an aromatic ring is 1. The minimum atomic E-state index is -0.966. The van der Waals surface area contributed by atoms with E-state index in [4.69, 9.17) is 10.8 Å². The smallest absolute Gasteiger partial charge is 0.337 e. The van der Waals surface area contributed by atoms with Crippen molar-refractivity contribution in [3.05, 3.63) is 23.8 Å². The highest BCUT2D eigenvalue weighted by Gasteiger charge is 2.27.